The van der Waals surface area contributed by atoms with Crippen LogP contribution in [0.25, 0.3) is 0 Å². The second-order valence-corrected chi connectivity index (χ2v) is 0.447. The Morgan fingerprint density at radius 1 is 0.727 bits per heavy atom. The average molecular weight is 300 g/mol. The van der Waals surface area contributed by atoms with Gasteiger partial charge in [0.1, 0.15) is 0 Å². The topological polar surface area (TPSA) is 205 Å². The van der Waals surface area contributed by atoms with Gasteiger partial charge in [0.2, 0.25) is 0 Å². The van der Waals surface area contributed by atoms with Crippen molar-refractivity contribution in [1.82, 2.24) is 12.3 Å². The van der Waals surface area contributed by atoms with E-state index in [9.17, 15) is 0 Å². The van der Waals surface area contributed by atoms with Crippen LogP contribution in [0, 0.1) is 72.4 Å². The average Bonchev–Trinajstić information content (AvgIpc) is 1.25. The molecule has 0 unspecified atom stereocenters. The predicted octanol–water partition coefficient (Wildman–Crippen LogP) is 0.274. The van der Waals surface area contributed by atoms with Gasteiger partial charge in [-0.2, -0.15) is 0 Å². The van der Waals surface area contributed by atoms with Crippen molar-refractivity contribution < 1.29 is 51.9 Å². The molecule has 0 aliphatic rings. The summed E-state index contributed by atoms with van der Waals surface area (Å²) in [6.45, 7) is 0. The minimum atomic E-state index is -1.75. The van der Waals surface area contributed by atoms with E-state index in [1.54, 1.807) is 0 Å². The molecule has 0 amide bonds. The van der Waals surface area contributed by atoms with Crippen LogP contribution in [0.1, 0.15) is 0 Å². The van der Waals surface area contributed by atoms with Gasteiger partial charge in [0.15, 0.2) is 0 Å². The SMILES string of the molecule is O=[N+]([O-])[O-].O=[N+]([O-])[O-].[Ce+4].[NH4+].[NH4+]. The van der Waals surface area contributed by atoms with Crippen LogP contribution in [0.15, 0.2) is 0 Å². The Bertz CT molecular complexity index is 72.6. The predicted molar refractivity (Wildman–Crippen MR) is 32.7 cm³/mol. The molecule has 10 nitrogen and oxygen atoms in total. The van der Waals surface area contributed by atoms with Gasteiger partial charge in [-0.3, -0.25) is 0 Å². The van der Waals surface area contributed by atoms with Crippen molar-refractivity contribution in [3.8, 4) is 0 Å². The second kappa shape index (κ2) is 22.6. The normalized spacial score (nSPS) is 4.36. The first-order valence-corrected chi connectivity index (χ1v) is 1.10. The van der Waals surface area contributed by atoms with Crippen LogP contribution in [-0.2, 0) is 0 Å². The molecule has 0 bridgehead atoms. The third-order valence-corrected chi connectivity index (χ3v) is 0. The van der Waals surface area contributed by atoms with E-state index < -0.39 is 10.2 Å². The Balaban J connectivity index is -0.0000000171. The Morgan fingerprint density at radius 2 is 0.727 bits per heavy atom. The largest absolute Gasteiger partial charge is 4.00 e. The maximum Gasteiger partial charge on any atom is 4.00 e. The number of hydrogen-bond donors (Lipinski definition) is 2. The van der Waals surface area contributed by atoms with E-state index in [1.807, 2.05) is 0 Å². The van der Waals surface area contributed by atoms with Gasteiger partial charge in [-0.25, -0.2) is 0 Å². The third kappa shape index (κ3) is 6240. The molecule has 8 N–H and O–H groups in total. The van der Waals surface area contributed by atoms with Gasteiger partial charge in [0.05, 0.1) is 10.2 Å². The Kier molecular flexibility index (Phi) is 63.7. The van der Waals surface area contributed by atoms with Crippen LogP contribution in [0.2, 0.25) is 0 Å². The molecule has 11 heteroatoms. The first-order valence-electron chi connectivity index (χ1n) is 1.10. The van der Waals surface area contributed by atoms with Crippen molar-refractivity contribution in [1.29, 1.82) is 0 Å². The van der Waals surface area contributed by atoms with E-state index in [4.69, 9.17) is 30.6 Å². The number of nitrogens with zero attached hydrogens (tertiary/aromatic N) is 2. The zero-order valence-electron chi connectivity index (χ0n) is 5.84. The number of hydrogen-bond acceptors (Lipinski definition) is 6. The van der Waals surface area contributed by atoms with Gasteiger partial charge >= 0.3 is 41.7 Å². The van der Waals surface area contributed by atoms with Gasteiger partial charge in [-0.15, -0.1) is 0 Å². The number of quaternary nitrogens is 2. The van der Waals surface area contributed by atoms with Crippen LogP contribution in [0.4, 0.5) is 0 Å². The monoisotopic (exact) mass is 300 g/mol. The first-order chi connectivity index (χ1) is 3.46. The third-order valence-electron chi connectivity index (χ3n) is 0. The first kappa shape index (κ1) is 31.0. The molecule has 0 atom stereocenters. The Morgan fingerprint density at radius 3 is 0.727 bits per heavy atom. The molecule has 0 aliphatic carbocycles. The zero-order chi connectivity index (χ0) is 7.15. The van der Waals surface area contributed by atoms with Crippen LogP contribution in [-0.4, -0.2) is 10.2 Å². The summed E-state index contributed by atoms with van der Waals surface area (Å²) in [5.74, 6) is 0. The van der Waals surface area contributed by atoms with E-state index in [0.29, 0.717) is 0 Å². The molecule has 0 radical (unpaired) electrons. The Hall–Kier alpha value is -0.303. The smallest absolute Gasteiger partial charge is 0.369 e. The van der Waals surface area contributed by atoms with Crippen molar-refractivity contribution in [3.63, 3.8) is 0 Å². The molecule has 0 aliphatic heterocycles. The van der Waals surface area contributed by atoms with Crippen LogP contribution in [0.3, 0.4) is 0 Å². The fourth-order valence-corrected chi connectivity index (χ4v) is 0. The molecule has 0 aromatic carbocycles. The molecule has 0 fully saturated rings. The molecule has 0 spiro atoms. The van der Waals surface area contributed by atoms with Gasteiger partial charge in [0, 0.05) is 0 Å². The minimum Gasteiger partial charge on any atom is -0.369 e. The summed E-state index contributed by atoms with van der Waals surface area (Å²) >= 11 is 0. The zero-order valence-corrected chi connectivity index (χ0v) is 8.98. The molecule has 0 saturated carbocycles. The summed E-state index contributed by atoms with van der Waals surface area (Å²) in [6, 6.07) is 0. The fourth-order valence-electron chi connectivity index (χ4n) is 0. The van der Waals surface area contributed by atoms with Crippen LogP contribution < -0.4 is 12.3 Å². The minimum absolute atomic E-state index is 0. The van der Waals surface area contributed by atoms with Crippen LogP contribution >= 0.6 is 0 Å². The fraction of sp³-hybridized carbons (Fsp3) is 0. The molecule has 11 heavy (non-hydrogen) atoms. The molecule has 0 rings (SSSR count). The summed E-state index contributed by atoms with van der Waals surface area (Å²) in [5, 5.41) is 29.5. The Labute approximate surface area is 94.3 Å². The molecule has 64 valence electrons. The molecular weight excluding hydrogens is 292 g/mol. The molecule has 0 aromatic rings. The maximum atomic E-state index is 8.25. The van der Waals surface area contributed by atoms with Gasteiger partial charge in [-0.1, -0.05) is 0 Å². The summed E-state index contributed by atoms with van der Waals surface area (Å²) in [6.07, 6.45) is 0. The number of rotatable bonds is 0. The summed E-state index contributed by atoms with van der Waals surface area (Å²) in [5.41, 5.74) is 0. The van der Waals surface area contributed by atoms with E-state index in [1.165, 1.54) is 0 Å². The van der Waals surface area contributed by atoms with Crippen molar-refractivity contribution in [2.75, 3.05) is 0 Å². The summed E-state index contributed by atoms with van der Waals surface area (Å²) in [4.78, 5) is 16.5. The van der Waals surface area contributed by atoms with Gasteiger partial charge in [0.25, 0.3) is 0 Å². The van der Waals surface area contributed by atoms with E-state index in [-0.39, 0.29) is 54.0 Å². The van der Waals surface area contributed by atoms with Gasteiger partial charge < -0.3 is 42.9 Å². The van der Waals surface area contributed by atoms with Crippen LogP contribution in [0.5, 0.6) is 0 Å². The van der Waals surface area contributed by atoms with Gasteiger partial charge in [-0.05, 0) is 0 Å². The van der Waals surface area contributed by atoms with Crippen molar-refractivity contribution in [3.05, 3.63) is 30.6 Å². The summed E-state index contributed by atoms with van der Waals surface area (Å²) in [7, 11) is 0. The van der Waals surface area contributed by atoms with Crippen molar-refractivity contribution >= 4 is 0 Å². The van der Waals surface area contributed by atoms with E-state index >= 15 is 0 Å². The molecule has 0 saturated heterocycles. The molecular formula is H8CeN4O6+4. The van der Waals surface area contributed by atoms with Crippen molar-refractivity contribution in [2.24, 2.45) is 0 Å². The quantitative estimate of drug-likeness (QED) is 0.473. The van der Waals surface area contributed by atoms with Crippen molar-refractivity contribution in [2.45, 2.75) is 0 Å². The second-order valence-electron chi connectivity index (χ2n) is 0.447. The van der Waals surface area contributed by atoms with E-state index in [2.05, 4.69) is 0 Å². The standard InChI is InChI=1S/Ce.2NO3.2H3N/c;2*2-1(3)4;;/h;;;2*1H3/q+4;2*-1;;/p+2. The van der Waals surface area contributed by atoms with E-state index in [0.717, 1.165) is 0 Å². The molecule has 0 aromatic heterocycles. The maximum absolute atomic E-state index is 8.25. The summed E-state index contributed by atoms with van der Waals surface area (Å²) < 4.78 is 0. The molecule has 0 heterocycles.